The first-order valence-electron chi connectivity index (χ1n) is 7.10. The first-order valence-corrected chi connectivity index (χ1v) is 7.10. The molecule has 1 aromatic rings. The van der Waals surface area contributed by atoms with Crippen LogP contribution in [0.25, 0.3) is 0 Å². The van der Waals surface area contributed by atoms with Crippen LogP contribution in [0.4, 0.5) is 0 Å². The molecule has 8 heteroatoms. The fourth-order valence-electron chi connectivity index (χ4n) is 2.23. The van der Waals surface area contributed by atoms with Crippen LogP contribution in [0.2, 0.25) is 0 Å². The molecule has 1 atom stereocenters. The van der Waals surface area contributed by atoms with Crippen LogP contribution < -0.4 is 10.1 Å². The highest BCUT2D eigenvalue weighted by Crippen LogP contribution is 2.32. The molecule has 2 N–H and O–H groups in total. The number of carbonyl (C=O) groups is 1. The SMILES string of the molecule is C=CCON=C1CNC(C(=O)OCC)c2cc(OC)nc(O)c21. The zero-order valence-corrected chi connectivity index (χ0v) is 13.0. The van der Waals surface area contributed by atoms with E-state index in [0.29, 0.717) is 16.8 Å². The van der Waals surface area contributed by atoms with Gasteiger partial charge in [0, 0.05) is 18.2 Å². The Morgan fingerprint density at radius 2 is 2.43 bits per heavy atom. The van der Waals surface area contributed by atoms with Crippen LogP contribution >= 0.6 is 0 Å². The fourth-order valence-corrected chi connectivity index (χ4v) is 2.23. The highest BCUT2D eigenvalue weighted by molar-refractivity contribution is 6.07. The quantitative estimate of drug-likeness (QED) is 0.347. The number of methoxy groups -OCH3 is 1. The smallest absolute Gasteiger partial charge is 0.327 e. The van der Waals surface area contributed by atoms with Gasteiger partial charge in [0.1, 0.15) is 18.4 Å². The molecule has 8 nitrogen and oxygen atoms in total. The number of pyridine rings is 1. The number of aromatic hydroxyl groups is 1. The Balaban J connectivity index is 2.47. The van der Waals surface area contributed by atoms with Crippen molar-refractivity contribution in [1.29, 1.82) is 0 Å². The van der Waals surface area contributed by atoms with Crippen molar-refractivity contribution >= 4 is 11.7 Å². The van der Waals surface area contributed by atoms with E-state index in [-0.39, 0.29) is 31.5 Å². The zero-order chi connectivity index (χ0) is 16.8. The summed E-state index contributed by atoms with van der Waals surface area (Å²) in [7, 11) is 1.42. The van der Waals surface area contributed by atoms with Gasteiger partial charge < -0.3 is 19.4 Å². The molecule has 0 saturated heterocycles. The first kappa shape index (κ1) is 16.8. The second-order valence-electron chi connectivity index (χ2n) is 4.64. The van der Waals surface area contributed by atoms with Crippen LogP contribution in [0, 0.1) is 0 Å². The normalized spacial score (nSPS) is 18.2. The Bertz CT molecular complexity index is 630. The van der Waals surface area contributed by atoms with Crippen molar-refractivity contribution in [3.8, 4) is 11.8 Å². The van der Waals surface area contributed by atoms with Crippen molar-refractivity contribution in [2.24, 2.45) is 5.16 Å². The average molecular weight is 321 g/mol. The number of esters is 1. The third-order valence-electron chi connectivity index (χ3n) is 3.18. The van der Waals surface area contributed by atoms with Crippen LogP contribution in [0.3, 0.4) is 0 Å². The van der Waals surface area contributed by atoms with Crippen molar-refractivity contribution in [1.82, 2.24) is 10.3 Å². The van der Waals surface area contributed by atoms with Gasteiger partial charge in [-0.3, -0.25) is 5.32 Å². The minimum absolute atomic E-state index is 0.186. The van der Waals surface area contributed by atoms with Gasteiger partial charge in [0.15, 0.2) is 0 Å². The van der Waals surface area contributed by atoms with E-state index in [1.165, 1.54) is 7.11 Å². The van der Waals surface area contributed by atoms with Crippen molar-refractivity contribution in [3.05, 3.63) is 29.8 Å². The number of hydrogen-bond acceptors (Lipinski definition) is 8. The molecule has 1 aromatic heterocycles. The number of oxime groups is 1. The Morgan fingerprint density at radius 1 is 1.65 bits per heavy atom. The van der Waals surface area contributed by atoms with Crippen molar-refractivity contribution < 1.29 is 24.2 Å². The van der Waals surface area contributed by atoms with Crippen molar-refractivity contribution in [2.75, 3.05) is 26.9 Å². The lowest BCUT2D eigenvalue weighted by molar-refractivity contribution is -0.145. The summed E-state index contributed by atoms with van der Waals surface area (Å²) in [4.78, 5) is 21.1. The molecule has 124 valence electrons. The highest BCUT2D eigenvalue weighted by atomic mass is 16.6. The summed E-state index contributed by atoms with van der Waals surface area (Å²) >= 11 is 0. The van der Waals surface area contributed by atoms with Gasteiger partial charge in [0.25, 0.3) is 0 Å². The molecule has 23 heavy (non-hydrogen) atoms. The van der Waals surface area contributed by atoms with E-state index >= 15 is 0 Å². The van der Waals surface area contributed by atoms with Gasteiger partial charge in [-0.2, -0.15) is 4.98 Å². The summed E-state index contributed by atoms with van der Waals surface area (Å²) in [6.45, 7) is 5.96. The topological polar surface area (TPSA) is 102 Å². The van der Waals surface area contributed by atoms with Crippen LogP contribution in [0.1, 0.15) is 24.1 Å². The number of nitrogens with one attached hydrogen (secondary N) is 1. The molecule has 1 aliphatic rings. The fraction of sp³-hybridized carbons (Fsp3) is 0.400. The number of nitrogens with zero attached hydrogens (tertiary/aromatic N) is 2. The Morgan fingerprint density at radius 3 is 3.09 bits per heavy atom. The number of fused-ring (bicyclic) bond motifs is 1. The van der Waals surface area contributed by atoms with Gasteiger partial charge >= 0.3 is 5.97 Å². The maximum Gasteiger partial charge on any atom is 0.327 e. The summed E-state index contributed by atoms with van der Waals surface area (Å²) in [5.74, 6) is -0.547. The number of aromatic nitrogens is 1. The van der Waals surface area contributed by atoms with Gasteiger partial charge in [0.2, 0.25) is 11.8 Å². The molecule has 0 spiro atoms. The van der Waals surface area contributed by atoms with Gasteiger partial charge in [-0.05, 0) is 6.92 Å². The van der Waals surface area contributed by atoms with Crippen LogP contribution in [0.5, 0.6) is 11.8 Å². The van der Waals surface area contributed by atoms with Gasteiger partial charge in [-0.25, -0.2) is 4.79 Å². The minimum atomic E-state index is -0.744. The van der Waals surface area contributed by atoms with Crippen LogP contribution in [0.15, 0.2) is 23.9 Å². The second-order valence-corrected chi connectivity index (χ2v) is 4.64. The van der Waals surface area contributed by atoms with Crippen molar-refractivity contribution in [3.63, 3.8) is 0 Å². The summed E-state index contributed by atoms with van der Waals surface area (Å²) in [6, 6.07) is 0.817. The van der Waals surface area contributed by atoms with E-state index in [4.69, 9.17) is 14.3 Å². The molecule has 2 rings (SSSR count). The number of ether oxygens (including phenoxy) is 2. The van der Waals surface area contributed by atoms with E-state index < -0.39 is 12.0 Å². The molecule has 0 aliphatic carbocycles. The Kier molecular flexibility index (Phi) is 5.53. The predicted octanol–water partition coefficient (Wildman–Crippen LogP) is 0.910. The molecule has 0 saturated carbocycles. The Hall–Kier alpha value is -2.61. The molecule has 0 amide bonds. The average Bonchev–Trinajstić information content (AvgIpc) is 2.54. The monoisotopic (exact) mass is 321 g/mol. The van der Waals surface area contributed by atoms with Crippen LogP contribution in [-0.2, 0) is 14.4 Å². The van der Waals surface area contributed by atoms with E-state index in [0.717, 1.165) is 0 Å². The lowest BCUT2D eigenvalue weighted by Crippen LogP contribution is -2.40. The lowest BCUT2D eigenvalue weighted by Gasteiger charge is -2.26. The van der Waals surface area contributed by atoms with Gasteiger partial charge in [-0.15, -0.1) is 0 Å². The van der Waals surface area contributed by atoms with Gasteiger partial charge in [0.05, 0.1) is 19.3 Å². The minimum Gasteiger partial charge on any atom is -0.493 e. The summed E-state index contributed by atoms with van der Waals surface area (Å²) in [5.41, 5.74) is 1.24. The summed E-state index contributed by atoms with van der Waals surface area (Å²) < 4.78 is 10.1. The third kappa shape index (κ3) is 3.59. The van der Waals surface area contributed by atoms with Crippen LogP contribution in [-0.4, -0.2) is 48.6 Å². The molecule has 0 fully saturated rings. The summed E-state index contributed by atoms with van der Waals surface area (Å²) in [5, 5.41) is 17.2. The molecule has 0 radical (unpaired) electrons. The molecular weight excluding hydrogens is 302 g/mol. The van der Waals surface area contributed by atoms with E-state index in [1.54, 1.807) is 19.1 Å². The molecular formula is C15H19N3O5. The molecule has 1 unspecified atom stereocenters. The molecule has 0 aromatic carbocycles. The molecule has 1 aliphatic heterocycles. The maximum atomic E-state index is 12.1. The molecule has 2 heterocycles. The predicted molar refractivity (Wildman–Crippen MR) is 82.5 cm³/mol. The zero-order valence-electron chi connectivity index (χ0n) is 13.0. The maximum absolute atomic E-state index is 12.1. The number of carbonyl (C=O) groups excluding carboxylic acids is 1. The number of rotatable bonds is 6. The highest BCUT2D eigenvalue weighted by Gasteiger charge is 2.34. The van der Waals surface area contributed by atoms with E-state index in [1.807, 2.05) is 0 Å². The standard InChI is InChI=1S/C15H19N3O5/c1-4-6-23-18-10-8-16-13(15(20)22-5-2)9-7-11(21-3)17-14(19)12(9)10/h4,7,13,16H,1,5-6,8H2,2-3H3,(H,17,19). The molecule has 0 bridgehead atoms. The number of hydrogen-bond donors (Lipinski definition) is 2. The Labute approximate surface area is 133 Å². The largest absolute Gasteiger partial charge is 0.493 e. The van der Waals surface area contributed by atoms with Gasteiger partial charge in [-0.1, -0.05) is 17.8 Å². The third-order valence-corrected chi connectivity index (χ3v) is 3.18. The second kappa shape index (κ2) is 7.59. The van der Waals surface area contributed by atoms with Crippen molar-refractivity contribution in [2.45, 2.75) is 13.0 Å². The lowest BCUT2D eigenvalue weighted by atomic mass is 9.94. The first-order chi connectivity index (χ1) is 11.1. The summed E-state index contributed by atoms with van der Waals surface area (Å²) in [6.07, 6.45) is 1.55. The van der Waals surface area contributed by atoms with E-state index in [9.17, 15) is 9.90 Å². The van der Waals surface area contributed by atoms with E-state index in [2.05, 4.69) is 22.0 Å².